The fraction of sp³-hybridized carbons (Fsp3) is 0.417. The summed E-state index contributed by atoms with van der Waals surface area (Å²) in [6, 6.07) is 5.09. The van der Waals surface area contributed by atoms with E-state index in [4.69, 9.17) is 4.74 Å². The number of benzene rings is 1. The van der Waals surface area contributed by atoms with Crippen LogP contribution in [0.5, 0.6) is 0 Å². The van der Waals surface area contributed by atoms with E-state index in [1.54, 1.807) is 13.0 Å². The standard InChI is InChI=1S/C12H13F3O2S/c1-2-17-11(16)8-18-7-9-4-3-5-10(6-9)12(13,14)15/h3-6H,2,7-8H2,1H3. The van der Waals surface area contributed by atoms with Crippen LogP contribution in [0.25, 0.3) is 0 Å². The van der Waals surface area contributed by atoms with Crippen molar-refractivity contribution in [3.05, 3.63) is 35.4 Å². The van der Waals surface area contributed by atoms with Crippen molar-refractivity contribution in [2.75, 3.05) is 12.4 Å². The van der Waals surface area contributed by atoms with Gasteiger partial charge < -0.3 is 4.74 Å². The summed E-state index contributed by atoms with van der Waals surface area (Å²) in [4.78, 5) is 11.0. The molecule has 0 unspecified atom stereocenters. The van der Waals surface area contributed by atoms with Gasteiger partial charge in [-0.25, -0.2) is 0 Å². The molecule has 0 bridgehead atoms. The first kappa shape index (κ1) is 14.9. The van der Waals surface area contributed by atoms with Gasteiger partial charge in [0, 0.05) is 5.75 Å². The predicted octanol–water partition coefficient (Wildman–Crippen LogP) is 3.50. The van der Waals surface area contributed by atoms with Gasteiger partial charge >= 0.3 is 12.1 Å². The Bertz CT molecular complexity index is 405. The second kappa shape index (κ2) is 6.68. The van der Waals surface area contributed by atoms with E-state index in [0.29, 0.717) is 17.9 Å². The Morgan fingerprint density at radius 3 is 2.72 bits per heavy atom. The van der Waals surface area contributed by atoms with E-state index in [1.807, 2.05) is 0 Å². The summed E-state index contributed by atoms with van der Waals surface area (Å²) in [5.74, 6) is 0.141. The molecule has 0 heterocycles. The number of carbonyl (C=O) groups is 1. The summed E-state index contributed by atoms with van der Waals surface area (Å²) in [7, 11) is 0. The van der Waals surface area contributed by atoms with E-state index in [1.165, 1.54) is 17.8 Å². The molecule has 0 saturated heterocycles. The SMILES string of the molecule is CCOC(=O)CSCc1cccc(C(F)(F)F)c1. The van der Waals surface area contributed by atoms with Crippen molar-refractivity contribution in [2.45, 2.75) is 18.9 Å². The van der Waals surface area contributed by atoms with E-state index < -0.39 is 11.7 Å². The molecule has 0 amide bonds. The summed E-state index contributed by atoms with van der Waals surface area (Å²) >= 11 is 1.23. The maximum absolute atomic E-state index is 12.4. The molecule has 0 fully saturated rings. The first-order chi connectivity index (χ1) is 8.43. The number of alkyl halides is 3. The molecule has 6 heteroatoms. The minimum atomic E-state index is -4.33. The second-order valence-corrected chi connectivity index (χ2v) is 4.48. The molecule has 0 atom stereocenters. The van der Waals surface area contributed by atoms with Crippen molar-refractivity contribution >= 4 is 17.7 Å². The highest BCUT2D eigenvalue weighted by Gasteiger charge is 2.30. The van der Waals surface area contributed by atoms with Gasteiger partial charge in [-0.2, -0.15) is 13.2 Å². The van der Waals surface area contributed by atoms with Crippen LogP contribution in [0.15, 0.2) is 24.3 Å². The van der Waals surface area contributed by atoms with E-state index in [-0.39, 0.29) is 11.7 Å². The van der Waals surface area contributed by atoms with Crippen molar-refractivity contribution in [1.29, 1.82) is 0 Å². The van der Waals surface area contributed by atoms with Crippen LogP contribution < -0.4 is 0 Å². The maximum atomic E-state index is 12.4. The highest BCUT2D eigenvalue weighted by Crippen LogP contribution is 2.30. The monoisotopic (exact) mass is 278 g/mol. The zero-order valence-electron chi connectivity index (χ0n) is 9.79. The molecule has 0 aliphatic rings. The minimum Gasteiger partial charge on any atom is -0.465 e. The number of hydrogen-bond donors (Lipinski definition) is 0. The average Bonchev–Trinajstić information content (AvgIpc) is 2.29. The molecule has 2 nitrogen and oxygen atoms in total. The van der Waals surface area contributed by atoms with Crippen LogP contribution in [0.4, 0.5) is 13.2 Å². The summed E-state index contributed by atoms with van der Waals surface area (Å²) in [6.45, 7) is 2.01. The molecule has 0 spiro atoms. The van der Waals surface area contributed by atoms with Crippen molar-refractivity contribution in [1.82, 2.24) is 0 Å². The zero-order valence-corrected chi connectivity index (χ0v) is 10.6. The van der Waals surface area contributed by atoms with Gasteiger partial charge in [0.1, 0.15) is 0 Å². The first-order valence-electron chi connectivity index (χ1n) is 5.33. The van der Waals surface area contributed by atoms with Crippen LogP contribution in [0.2, 0.25) is 0 Å². The van der Waals surface area contributed by atoms with Crippen molar-refractivity contribution < 1.29 is 22.7 Å². The molecule has 1 aromatic rings. The number of esters is 1. The van der Waals surface area contributed by atoms with Gasteiger partial charge in [-0.1, -0.05) is 18.2 Å². The molecule has 18 heavy (non-hydrogen) atoms. The number of hydrogen-bond acceptors (Lipinski definition) is 3. The summed E-state index contributed by atoms with van der Waals surface area (Å²) in [6.07, 6.45) is -4.33. The Balaban J connectivity index is 2.51. The van der Waals surface area contributed by atoms with Gasteiger partial charge in [0.15, 0.2) is 0 Å². The molecular formula is C12H13F3O2S. The van der Waals surface area contributed by atoms with Crippen molar-refractivity contribution in [3.8, 4) is 0 Å². The van der Waals surface area contributed by atoms with Crippen molar-refractivity contribution in [2.24, 2.45) is 0 Å². The van der Waals surface area contributed by atoms with Crippen molar-refractivity contribution in [3.63, 3.8) is 0 Å². The Hall–Kier alpha value is -1.17. The average molecular weight is 278 g/mol. The normalized spacial score (nSPS) is 11.3. The number of thioether (sulfide) groups is 1. The van der Waals surface area contributed by atoms with Crippen LogP contribution in [0.3, 0.4) is 0 Å². The van der Waals surface area contributed by atoms with E-state index in [2.05, 4.69) is 0 Å². The molecule has 1 aromatic carbocycles. The van der Waals surface area contributed by atoms with Crippen LogP contribution in [0, 0.1) is 0 Å². The molecule has 1 rings (SSSR count). The van der Waals surface area contributed by atoms with Crippen LogP contribution >= 0.6 is 11.8 Å². The molecule has 0 aromatic heterocycles. The molecule has 0 aliphatic heterocycles. The van der Waals surface area contributed by atoms with Crippen LogP contribution in [-0.4, -0.2) is 18.3 Å². The van der Waals surface area contributed by atoms with E-state index in [9.17, 15) is 18.0 Å². The number of ether oxygens (including phenoxy) is 1. The van der Waals surface area contributed by atoms with Gasteiger partial charge in [-0.3, -0.25) is 4.79 Å². The zero-order chi connectivity index (χ0) is 13.6. The smallest absolute Gasteiger partial charge is 0.416 e. The van der Waals surface area contributed by atoms with Gasteiger partial charge in [-0.15, -0.1) is 11.8 Å². The third-order valence-electron chi connectivity index (χ3n) is 2.05. The summed E-state index contributed by atoms with van der Waals surface area (Å²) < 4.78 is 42.0. The lowest BCUT2D eigenvalue weighted by Crippen LogP contribution is -2.07. The summed E-state index contributed by atoms with van der Waals surface area (Å²) in [5, 5.41) is 0. The topological polar surface area (TPSA) is 26.3 Å². The predicted molar refractivity (Wildman–Crippen MR) is 64.2 cm³/mol. The Kier molecular flexibility index (Phi) is 5.53. The molecule has 0 aliphatic carbocycles. The fourth-order valence-electron chi connectivity index (χ4n) is 1.29. The third-order valence-corrected chi connectivity index (χ3v) is 3.03. The molecule has 0 N–H and O–H groups in total. The maximum Gasteiger partial charge on any atom is 0.416 e. The van der Waals surface area contributed by atoms with E-state index in [0.717, 1.165) is 12.1 Å². The van der Waals surface area contributed by atoms with Gasteiger partial charge in [0.2, 0.25) is 0 Å². The number of rotatable bonds is 5. The lowest BCUT2D eigenvalue weighted by molar-refractivity contribution is -0.140. The Labute approximate surface area is 108 Å². The van der Waals surface area contributed by atoms with Gasteiger partial charge in [0.25, 0.3) is 0 Å². The lowest BCUT2D eigenvalue weighted by atomic mass is 10.1. The largest absolute Gasteiger partial charge is 0.465 e. The quantitative estimate of drug-likeness (QED) is 0.771. The highest BCUT2D eigenvalue weighted by atomic mass is 32.2. The van der Waals surface area contributed by atoms with Gasteiger partial charge in [-0.05, 0) is 18.6 Å². The van der Waals surface area contributed by atoms with Crippen LogP contribution in [-0.2, 0) is 21.5 Å². The highest BCUT2D eigenvalue weighted by molar-refractivity contribution is 7.99. The minimum absolute atomic E-state index is 0.143. The molecular weight excluding hydrogens is 265 g/mol. The molecule has 0 saturated carbocycles. The second-order valence-electron chi connectivity index (χ2n) is 3.50. The fourth-order valence-corrected chi connectivity index (χ4v) is 2.06. The number of halogens is 3. The Morgan fingerprint density at radius 1 is 1.39 bits per heavy atom. The molecule has 0 radical (unpaired) electrons. The summed E-state index contributed by atoms with van der Waals surface area (Å²) in [5.41, 5.74) is -0.129. The lowest BCUT2D eigenvalue weighted by Gasteiger charge is -2.08. The number of carbonyl (C=O) groups excluding carboxylic acids is 1. The Morgan fingerprint density at radius 2 is 2.11 bits per heavy atom. The van der Waals surface area contributed by atoms with E-state index >= 15 is 0 Å². The first-order valence-corrected chi connectivity index (χ1v) is 6.48. The van der Waals surface area contributed by atoms with Crippen LogP contribution in [0.1, 0.15) is 18.1 Å². The molecule has 100 valence electrons. The third kappa shape index (κ3) is 5.00. The van der Waals surface area contributed by atoms with Gasteiger partial charge in [0.05, 0.1) is 17.9 Å².